The van der Waals surface area contributed by atoms with Crippen LogP contribution in [0.4, 0.5) is 8.78 Å². The van der Waals surface area contributed by atoms with Gasteiger partial charge in [0.1, 0.15) is 5.84 Å². The van der Waals surface area contributed by atoms with Crippen molar-refractivity contribution in [3.63, 3.8) is 0 Å². The fourth-order valence-corrected chi connectivity index (χ4v) is 5.21. The van der Waals surface area contributed by atoms with E-state index in [0.717, 1.165) is 37.9 Å². The molecule has 0 aromatic heterocycles. The van der Waals surface area contributed by atoms with Crippen molar-refractivity contribution < 1.29 is 13.6 Å². The van der Waals surface area contributed by atoms with E-state index in [1.54, 1.807) is 5.01 Å². The predicted molar refractivity (Wildman–Crippen MR) is 132 cm³/mol. The Bertz CT molecular complexity index is 847. The summed E-state index contributed by atoms with van der Waals surface area (Å²) >= 11 is 0. The largest absolute Gasteiger partial charge is 0.349 e. The van der Waals surface area contributed by atoms with E-state index in [2.05, 4.69) is 22.4 Å². The lowest BCUT2D eigenvalue weighted by molar-refractivity contribution is -0.130. The molecule has 1 aromatic rings. The number of hydrogen-bond donors (Lipinski definition) is 3. The highest BCUT2D eigenvalue weighted by atomic mass is 19.3. The zero-order chi connectivity index (χ0) is 25.6. The summed E-state index contributed by atoms with van der Waals surface area (Å²) in [5, 5.41) is 16.6. The molecule has 9 heteroatoms. The molecule has 3 rings (SSSR count). The van der Waals surface area contributed by atoms with Gasteiger partial charge in [0.05, 0.1) is 12.1 Å². The summed E-state index contributed by atoms with van der Waals surface area (Å²) in [6, 6.07) is 9.92. The van der Waals surface area contributed by atoms with Crippen LogP contribution in [0.3, 0.4) is 0 Å². The molecule has 1 amide bonds. The Morgan fingerprint density at radius 1 is 1.14 bits per heavy atom. The Hall–Kier alpha value is -2.42. The Morgan fingerprint density at radius 3 is 2.29 bits per heavy atom. The molecule has 1 aliphatic carbocycles. The molecule has 2 fully saturated rings. The maximum absolute atomic E-state index is 13.6. The van der Waals surface area contributed by atoms with Crippen LogP contribution in [0, 0.1) is 22.8 Å². The Morgan fingerprint density at radius 2 is 1.74 bits per heavy atom. The van der Waals surface area contributed by atoms with Gasteiger partial charge in [-0.1, -0.05) is 49.4 Å². The second kappa shape index (κ2) is 12.0. The van der Waals surface area contributed by atoms with E-state index in [1.165, 1.54) is 0 Å². The number of halogens is 2. The number of rotatable bonds is 9. The van der Waals surface area contributed by atoms with Gasteiger partial charge in [-0.05, 0) is 44.6 Å². The molecule has 1 heterocycles. The predicted octanol–water partition coefficient (Wildman–Crippen LogP) is 5.79. The number of amides is 1. The Balaban J connectivity index is 1.60. The molecule has 1 aromatic carbocycles. The van der Waals surface area contributed by atoms with E-state index < -0.39 is 5.92 Å². The standard InChI is InChI=1S/C26H40F2N6O/c1-18(2)24(29)34(32-30)22-11-15-33(16-12-22)19(3)17-23(20-7-5-4-6-8-20)31-25(35)21-9-13-26(27,28)14-10-21/h4-8,18-19,21-23,29-30H,9-17H2,1-3H3,(H,31,35). The number of piperidine rings is 1. The van der Waals surface area contributed by atoms with E-state index in [-0.39, 0.29) is 61.6 Å². The van der Waals surface area contributed by atoms with Crippen LogP contribution in [-0.2, 0) is 4.79 Å². The third kappa shape index (κ3) is 7.29. The molecule has 0 bridgehead atoms. The van der Waals surface area contributed by atoms with Crippen molar-refractivity contribution in [1.29, 1.82) is 10.9 Å². The SMILES string of the molecule is CC(C)C(=N)N(N=N)C1CCN(C(C)CC(NC(=O)C2CCC(F)(F)CC2)c2ccccc2)CC1. The first kappa shape index (κ1) is 27.2. The molecule has 0 radical (unpaired) electrons. The normalized spacial score (nSPS) is 21.3. The van der Waals surface area contributed by atoms with E-state index in [4.69, 9.17) is 10.9 Å². The quantitative estimate of drug-likeness (QED) is 0.177. The molecule has 1 aliphatic heterocycles. The zero-order valence-corrected chi connectivity index (χ0v) is 21.1. The summed E-state index contributed by atoms with van der Waals surface area (Å²) in [5.74, 6) is -2.74. The van der Waals surface area contributed by atoms with Crippen LogP contribution in [0.1, 0.15) is 77.3 Å². The second-order valence-corrected chi connectivity index (χ2v) is 10.4. The van der Waals surface area contributed by atoms with Gasteiger partial charge in [-0.15, -0.1) is 0 Å². The first-order valence-corrected chi connectivity index (χ1v) is 12.8. The van der Waals surface area contributed by atoms with E-state index in [9.17, 15) is 13.6 Å². The zero-order valence-electron chi connectivity index (χ0n) is 21.1. The number of amidine groups is 1. The number of carbonyl (C=O) groups is 1. The van der Waals surface area contributed by atoms with Crippen molar-refractivity contribution in [2.24, 2.45) is 17.1 Å². The molecule has 7 nitrogen and oxygen atoms in total. The minimum Gasteiger partial charge on any atom is -0.349 e. The van der Waals surface area contributed by atoms with Gasteiger partial charge in [0.2, 0.25) is 11.8 Å². The number of carbonyl (C=O) groups excluding carboxylic acids is 1. The number of benzene rings is 1. The first-order chi connectivity index (χ1) is 16.6. The van der Waals surface area contributed by atoms with Crippen molar-refractivity contribution in [2.45, 2.75) is 89.8 Å². The number of likely N-dealkylation sites (tertiary alicyclic amines) is 1. The van der Waals surface area contributed by atoms with Gasteiger partial charge in [0.25, 0.3) is 0 Å². The van der Waals surface area contributed by atoms with Crippen molar-refractivity contribution >= 4 is 11.7 Å². The summed E-state index contributed by atoms with van der Waals surface area (Å²) < 4.78 is 27.1. The number of alkyl halides is 2. The average Bonchev–Trinajstić information content (AvgIpc) is 2.84. The lowest BCUT2D eigenvalue weighted by Crippen LogP contribution is -2.49. The molecule has 0 spiro atoms. The second-order valence-electron chi connectivity index (χ2n) is 10.4. The first-order valence-electron chi connectivity index (χ1n) is 12.8. The van der Waals surface area contributed by atoms with Crippen LogP contribution in [0.25, 0.3) is 0 Å². The topological polar surface area (TPSA) is 95.6 Å². The molecule has 3 N–H and O–H groups in total. The summed E-state index contributed by atoms with van der Waals surface area (Å²) in [7, 11) is 0. The van der Waals surface area contributed by atoms with Gasteiger partial charge in [-0.2, -0.15) is 5.53 Å². The van der Waals surface area contributed by atoms with Crippen molar-refractivity contribution in [2.75, 3.05) is 13.1 Å². The van der Waals surface area contributed by atoms with Crippen LogP contribution in [0.5, 0.6) is 0 Å². The molecule has 2 atom stereocenters. The fourth-order valence-electron chi connectivity index (χ4n) is 5.21. The summed E-state index contributed by atoms with van der Waals surface area (Å²) in [5.41, 5.74) is 8.55. The van der Waals surface area contributed by atoms with Gasteiger partial charge in [0.15, 0.2) is 0 Å². The van der Waals surface area contributed by atoms with Crippen molar-refractivity contribution in [3.8, 4) is 0 Å². The van der Waals surface area contributed by atoms with Gasteiger partial charge < -0.3 is 10.2 Å². The van der Waals surface area contributed by atoms with Gasteiger partial charge in [-0.25, -0.2) is 13.8 Å². The number of nitrogens with one attached hydrogen (secondary N) is 3. The number of nitrogens with zero attached hydrogens (tertiary/aromatic N) is 3. The van der Waals surface area contributed by atoms with Crippen LogP contribution in [-0.4, -0.2) is 52.7 Å². The van der Waals surface area contributed by atoms with Gasteiger partial charge in [-0.3, -0.25) is 10.2 Å². The summed E-state index contributed by atoms with van der Waals surface area (Å²) in [4.78, 5) is 15.4. The highest BCUT2D eigenvalue weighted by molar-refractivity contribution is 5.81. The van der Waals surface area contributed by atoms with Crippen LogP contribution >= 0.6 is 0 Å². The lowest BCUT2D eigenvalue weighted by Gasteiger charge is -2.40. The molecule has 194 valence electrons. The van der Waals surface area contributed by atoms with Crippen molar-refractivity contribution in [3.05, 3.63) is 35.9 Å². The van der Waals surface area contributed by atoms with E-state index in [0.29, 0.717) is 5.84 Å². The molecule has 2 aliphatic rings. The molecular formula is C26H40F2N6O. The molecule has 1 saturated carbocycles. The third-order valence-electron chi connectivity index (χ3n) is 7.55. The van der Waals surface area contributed by atoms with E-state index in [1.807, 2.05) is 44.2 Å². The monoisotopic (exact) mass is 490 g/mol. The van der Waals surface area contributed by atoms with E-state index >= 15 is 0 Å². The maximum atomic E-state index is 13.6. The lowest BCUT2D eigenvalue weighted by atomic mass is 9.85. The van der Waals surface area contributed by atoms with Crippen LogP contribution in [0.15, 0.2) is 35.6 Å². The third-order valence-corrected chi connectivity index (χ3v) is 7.55. The minimum absolute atomic E-state index is 0.0201. The molecule has 2 unspecified atom stereocenters. The molecule has 1 saturated heterocycles. The summed E-state index contributed by atoms with van der Waals surface area (Å²) in [6.45, 7) is 7.70. The van der Waals surface area contributed by atoms with Gasteiger partial charge in [0, 0.05) is 43.8 Å². The van der Waals surface area contributed by atoms with Crippen LogP contribution < -0.4 is 5.32 Å². The maximum Gasteiger partial charge on any atom is 0.248 e. The highest BCUT2D eigenvalue weighted by Crippen LogP contribution is 2.36. The summed E-state index contributed by atoms with van der Waals surface area (Å²) in [6.07, 6.45) is 2.38. The smallest absolute Gasteiger partial charge is 0.248 e. The average molecular weight is 491 g/mol. The Kier molecular flexibility index (Phi) is 9.33. The molecule has 35 heavy (non-hydrogen) atoms. The highest BCUT2D eigenvalue weighted by Gasteiger charge is 2.38. The van der Waals surface area contributed by atoms with Crippen molar-refractivity contribution in [1.82, 2.24) is 15.2 Å². The number of hydrogen-bond acceptors (Lipinski definition) is 5. The Labute approximate surface area is 207 Å². The molecular weight excluding hydrogens is 450 g/mol. The van der Waals surface area contributed by atoms with Crippen LogP contribution in [0.2, 0.25) is 0 Å². The minimum atomic E-state index is -2.65. The fraction of sp³-hybridized carbons (Fsp3) is 0.692. The van der Waals surface area contributed by atoms with Gasteiger partial charge >= 0.3 is 0 Å².